The zero-order chi connectivity index (χ0) is 53.9. The van der Waals surface area contributed by atoms with Crippen LogP contribution in [0.3, 0.4) is 0 Å². The summed E-state index contributed by atoms with van der Waals surface area (Å²) in [5.74, 6) is 0.696. The van der Waals surface area contributed by atoms with Crippen LogP contribution in [0.2, 0.25) is 0 Å². The van der Waals surface area contributed by atoms with E-state index in [-0.39, 0.29) is 38.4 Å². The Morgan fingerprint density at radius 1 is 0.557 bits per heavy atom. The van der Waals surface area contributed by atoms with Gasteiger partial charge in [-0.05, 0) is 107 Å². The van der Waals surface area contributed by atoms with Gasteiger partial charge >= 0.3 is 11.9 Å². The standard InChI is InChI=1S/C37H56O3.C27H36O3/c1-15-34(7,8)25(6)33(39)40-31-20-19-26(35(9,10)16-2)21-28(31)24(5)29-22-27(36(11,12)17-3)23-30(32(29)38)37(13,14)18-4;1-16(2)25(29)30-24-20(12-18(4)14-22(24)27(8,9)10)15-19-11-17(3)13-21(23(19)28)26(5,6)7/h19-24,38H,6,15-18H2,1-5,7-14H3;11-14,28H,1,15H2,2-10H3. The van der Waals surface area contributed by atoms with E-state index in [4.69, 9.17) is 9.47 Å². The van der Waals surface area contributed by atoms with E-state index in [1.165, 1.54) is 11.1 Å². The molecule has 0 radical (unpaired) electrons. The van der Waals surface area contributed by atoms with Crippen LogP contribution in [0.15, 0.2) is 78.9 Å². The van der Waals surface area contributed by atoms with Crippen LogP contribution >= 0.6 is 0 Å². The van der Waals surface area contributed by atoms with Gasteiger partial charge in [0.1, 0.15) is 23.0 Å². The van der Waals surface area contributed by atoms with E-state index >= 15 is 0 Å². The zero-order valence-corrected chi connectivity index (χ0v) is 47.8. The summed E-state index contributed by atoms with van der Waals surface area (Å²) in [5.41, 5.74) is 10.7. The van der Waals surface area contributed by atoms with Gasteiger partial charge in [0.2, 0.25) is 0 Å². The zero-order valence-electron chi connectivity index (χ0n) is 47.8. The molecule has 0 spiro atoms. The lowest BCUT2D eigenvalue weighted by Crippen LogP contribution is -2.24. The third kappa shape index (κ3) is 13.9. The van der Waals surface area contributed by atoms with Crippen molar-refractivity contribution < 1.29 is 29.3 Å². The maximum Gasteiger partial charge on any atom is 0.339 e. The second kappa shape index (κ2) is 22.1. The van der Waals surface area contributed by atoms with Gasteiger partial charge < -0.3 is 19.7 Å². The summed E-state index contributed by atoms with van der Waals surface area (Å²) in [7, 11) is 0. The van der Waals surface area contributed by atoms with Crippen LogP contribution in [-0.4, -0.2) is 22.2 Å². The number of carbonyl (C=O) groups excluding carboxylic acids is 2. The fourth-order valence-electron chi connectivity index (χ4n) is 8.31. The predicted molar refractivity (Wildman–Crippen MR) is 296 cm³/mol. The molecule has 0 saturated carbocycles. The molecule has 0 saturated heterocycles. The molecule has 6 nitrogen and oxygen atoms in total. The molecule has 1 unspecified atom stereocenters. The van der Waals surface area contributed by atoms with Crippen molar-refractivity contribution in [2.45, 2.75) is 217 Å². The van der Waals surface area contributed by atoms with Gasteiger partial charge in [0, 0.05) is 51.3 Å². The van der Waals surface area contributed by atoms with E-state index in [2.05, 4.69) is 161 Å². The second-order valence-electron chi connectivity index (χ2n) is 24.7. The molecule has 4 aromatic rings. The Hall–Kier alpha value is -5.10. The van der Waals surface area contributed by atoms with Crippen LogP contribution < -0.4 is 9.47 Å². The Morgan fingerprint density at radius 2 is 1.04 bits per heavy atom. The number of benzene rings is 4. The van der Waals surface area contributed by atoms with Crippen molar-refractivity contribution in [3.05, 3.63) is 140 Å². The molecule has 4 rings (SSSR count). The first kappa shape index (κ1) is 59.2. The smallest absolute Gasteiger partial charge is 0.339 e. The molecule has 70 heavy (non-hydrogen) atoms. The highest BCUT2D eigenvalue weighted by Crippen LogP contribution is 2.47. The maximum absolute atomic E-state index is 13.3. The van der Waals surface area contributed by atoms with E-state index in [1.807, 2.05) is 52.0 Å². The third-order valence-electron chi connectivity index (χ3n) is 15.4. The van der Waals surface area contributed by atoms with Crippen molar-refractivity contribution in [1.82, 2.24) is 0 Å². The summed E-state index contributed by atoms with van der Waals surface area (Å²) in [6.45, 7) is 54.3. The molecule has 0 aromatic heterocycles. The Labute approximate surface area is 425 Å². The van der Waals surface area contributed by atoms with Crippen LogP contribution in [-0.2, 0) is 43.1 Å². The van der Waals surface area contributed by atoms with Crippen molar-refractivity contribution in [2.75, 3.05) is 0 Å². The Bertz CT molecular complexity index is 2560. The SMILES string of the molecule is C=C(C(=O)Oc1ccc(C(C)(C)CC)cc1C(C)c1cc(C(C)(C)CC)cc(C(C)(C)CC)c1O)C(C)(C)CC.C=C(C)C(=O)Oc1c(Cc2cc(C)cc(C(C)(C)C)c2O)cc(C)cc1C(C)(C)C. The van der Waals surface area contributed by atoms with E-state index in [0.29, 0.717) is 40.6 Å². The average Bonchev–Trinajstić information content (AvgIpc) is 3.26. The lowest BCUT2D eigenvalue weighted by atomic mass is 9.73. The number of hydrogen-bond donors (Lipinski definition) is 2. The van der Waals surface area contributed by atoms with Crippen molar-refractivity contribution in [3.63, 3.8) is 0 Å². The van der Waals surface area contributed by atoms with Crippen molar-refractivity contribution in [3.8, 4) is 23.0 Å². The molecule has 6 heteroatoms. The molecule has 0 aliphatic rings. The summed E-state index contributed by atoms with van der Waals surface area (Å²) in [5, 5.41) is 22.9. The first-order valence-corrected chi connectivity index (χ1v) is 25.7. The number of phenols is 2. The first-order valence-electron chi connectivity index (χ1n) is 25.7. The number of rotatable bonds is 16. The number of phenolic OH excluding ortho intramolecular Hbond substituents is 2. The van der Waals surface area contributed by atoms with Gasteiger partial charge in [-0.2, -0.15) is 0 Å². The fourth-order valence-corrected chi connectivity index (χ4v) is 8.31. The molecule has 0 amide bonds. The summed E-state index contributed by atoms with van der Waals surface area (Å²) in [6.07, 6.45) is 4.12. The normalized spacial score (nSPS) is 13.0. The minimum absolute atomic E-state index is 0.0474. The number of aryl methyl sites for hydroxylation is 2. The Balaban J connectivity index is 0.000000385. The van der Waals surface area contributed by atoms with Gasteiger partial charge in [-0.25, -0.2) is 9.59 Å². The van der Waals surface area contributed by atoms with Crippen LogP contribution in [0.1, 0.15) is 231 Å². The van der Waals surface area contributed by atoms with Crippen LogP contribution in [0.25, 0.3) is 0 Å². The van der Waals surface area contributed by atoms with Crippen LogP contribution in [0, 0.1) is 19.3 Å². The summed E-state index contributed by atoms with van der Waals surface area (Å²) in [6, 6.07) is 18.7. The fraction of sp³-hybridized carbons (Fsp3) is 0.531. The molecule has 384 valence electrons. The van der Waals surface area contributed by atoms with Gasteiger partial charge in [0.15, 0.2) is 0 Å². The topological polar surface area (TPSA) is 93.1 Å². The average molecular weight is 957 g/mol. The third-order valence-corrected chi connectivity index (χ3v) is 15.4. The van der Waals surface area contributed by atoms with Gasteiger partial charge in [0.05, 0.1) is 0 Å². The van der Waals surface area contributed by atoms with Gasteiger partial charge in [0.25, 0.3) is 0 Å². The quantitative estimate of drug-likeness (QED) is 0.0660. The molecule has 2 N–H and O–H groups in total. The van der Waals surface area contributed by atoms with Crippen LogP contribution in [0.5, 0.6) is 23.0 Å². The summed E-state index contributed by atoms with van der Waals surface area (Å²) in [4.78, 5) is 25.7. The number of ether oxygens (including phenoxy) is 2. The van der Waals surface area contributed by atoms with E-state index < -0.39 is 11.9 Å². The summed E-state index contributed by atoms with van der Waals surface area (Å²) < 4.78 is 11.9. The molecular formula is C64H92O6. The van der Waals surface area contributed by atoms with Crippen LogP contribution in [0.4, 0.5) is 0 Å². The number of hydrogen-bond acceptors (Lipinski definition) is 6. The highest BCUT2D eigenvalue weighted by molar-refractivity contribution is 5.91. The van der Waals surface area contributed by atoms with Gasteiger partial charge in [-0.15, -0.1) is 0 Å². The molecule has 4 aromatic carbocycles. The number of esters is 2. The highest BCUT2D eigenvalue weighted by atomic mass is 16.5. The minimum Gasteiger partial charge on any atom is -0.507 e. The van der Waals surface area contributed by atoms with Crippen molar-refractivity contribution >= 4 is 11.9 Å². The first-order chi connectivity index (χ1) is 31.9. The van der Waals surface area contributed by atoms with Crippen molar-refractivity contribution in [1.29, 1.82) is 0 Å². The van der Waals surface area contributed by atoms with E-state index in [1.54, 1.807) is 6.92 Å². The molecule has 0 aliphatic carbocycles. The van der Waals surface area contributed by atoms with E-state index in [9.17, 15) is 19.8 Å². The lowest BCUT2D eigenvalue weighted by molar-refractivity contribution is -0.131. The monoisotopic (exact) mass is 957 g/mol. The molecule has 0 heterocycles. The molecule has 0 aliphatic heterocycles. The largest absolute Gasteiger partial charge is 0.507 e. The minimum atomic E-state index is -0.436. The number of carbonyl (C=O) groups is 2. The molecule has 1 atom stereocenters. The lowest BCUT2D eigenvalue weighted by Gasteiger charge is -2.32. The van der Waals surface area contributed by atoms with E-state index in [0.717, 1.165) is 75.8 Å². The Kier molecular flexibility index (Phi) is 18.7. The molecular weight excluding hydrogens is 865 g/mol. The maximum atomic E-state index is 13.3. The second-order valence-corrected chi connectivity index (χ2v) is 24.7. The van der Waals surface area contributed by atoms with Crippen molar-refractivity contribution in [2.24, 2.45) is 5.41 Å². The predicted octanol–water partition coefficient (Wildman–Crippen LogP) is 17.2. The van der Waals surface area contributed by atoms with Gasteiger partial charge in [-0.3, -0.25) is 0 Å². The molecule has 0 fully saturated rings. The van der Waals surface area contributed by atoms with Gasteiger partial charge in [-0.1, -0.05) is 204 Å². The Morgan fingerprint density at radius 3 is 1.53 bits per heavy atom. The molecule has 0 bridgehead atoms. The highest BCUT2D eigenvalue weighted by Gasteiger charge is 2.33. The summed E-state index contributed by atoms with van der Waals surface area (Å²) >= 11 is 0. The number of aromatic hydroxyl groups is 2.